The summed E-state index contributed by atoms with van der Waals surface area (Å²) in [5, 5.41) is 5.36. The van der Waals surface area contributed by atoms with Gasteiger partial charge < -0.3 is 11.1 Å². The summed E-state index contributed by atoms with van der Waals surface area (Å²) in [6.07, 6.45) is 2.44. The van der Waals surface area contributed by atoms with E-state index in [1.165, 1.54) is 12.8 Å². The molecule has 0 atom stereocenters. The summed E-state index contributed by atoms with van der Waals surface area (Å²) in [6, 6.07) is 6.57. The van der Waals surface area contributed by atoms with Gasteiger partial charge in [0, 0.05) is 12.1 Å². The van der Waals surface area contributed by atoms with Crippen molar-refractivity contribution in [3.63, 3.8) is 0 Å². The first-order valence-corrected chi connectivity index (χ1v) is 6.14. The van der Waals surface area contributed by atoms with Gasteiger partial charge in [-0.05, 0) is 24.3 Å². The van der Waals surface area contributed by atoms with E-state index in [9.17, 15) is 0 Å². The van der Waals surface area contributed by atoms with Crippen LogP contribution in [0.1, 0.15) is 12.8 Å². The smallest absolute Gasteiger partial charge is 0.222 e. The summed E-state index contributed by atoms with van der Waals surface area (Å²) in [5.41, 5.74) is 6.60. The van der Waals surface area contributed by atoms with E-state index in [0.717, 1.165) is 16.4 Å². The molecule has 1 fully saturated rings. The van der Waals surface area contributed by atoms with Crippen LogP contribution in [0.5, 0.6) is 0 Å². The number of hydrogen-bond acceptors (Lipinski definition) is 5. The Balaban J connectivity index is 1.95. The quantitative estimate of drug-likeness (QED) is 0.852. The topological polar surface area (TPSA) is 63.8 Å². The lowest BCUT2D eigenvalue weighted by atomic mass is 10.3. The molecule has 2 aromatic heterocycles. The van der Waals surface area contributed by atoms with Crippen LogP contribution in [0.4, 0.5) is 11.8 Å². The van der Waals surface area contributed by atoms with Gasteiger partial charge in [-0.1, -0.05) is 6.07 Å². The van der Waals surface area contributed by atoms with E-state index in [1.54, 1.807) is 11.3 Å². The van der Waals surface area contributed by atoms with E-state index in [-0.39, 0.29) is 0 Å². The Morgan fingerprint density at radius 3 is 2.94 bits per heavy atom. The van der Waals surface area contributed by atoms with Gasteiger partial charge >= 0.3 is 0 Å². The van der Waals surface area contributed by atoms with Gasteiger partial charge in [0.05, 0.1) is 10.6 Å². The predicted octanol–water partition coefficient (Wildman–Crippen LogP) is 2.36. The molecule has 3 N–H and O–H groups in total. The highest BCUT2D eigenvalue weighted by Crippen LogP contribution is 2.28. The van der Waals surface area contributed by atoms with Crippen LogP contribution in [0.25, 0.3) is 10.6 Å². The molecule has 0 radical (unpaired) electrons. The van der Waals surface area contributed by atoms with Crippen molar-refractivity contribution in [2.24, 2.45) is 0 Å². The molecule has 2 aromatic rings. The second kappa shape index (κ2) is 3.75. The van der Waals surface area contributed by atoms with Crippen molar-refractivity contribution in [1.82, 2.24) is 9.97 Å². The molecule has 1 saturated carbocycles. The SMILES string of the molecule is Nc1nc(NC2CC2)cc(-c2cccs2)n1. The number of hydrogen-bond donors (Lipinski definition) is 2. The highest BCUT2D eigenvalue weighted by molar-refractivity contribution is 7.13. The Morgan fingerprint density at radius 2 is 2.25 bits per heavy atom. The van der Waals surface area contributed by atoms with Gasteiger partial charge in [0.25, 0.3) is 0 Å². The maximum atomic E-state index is 5.70. The van der Waals surface area contributed by atoms with Gasteiger partial charge in [0.1, 0.15) is 5.82 Å². The Kier molecular flexibility index (Phi) is 2.25. The number of nitrogens with one attached hydrogen (secondary N) is 1. The standard InChI is InChI=1S/C11H12N4S/c12-11-14-8(9-2-1-5-16-9)6-10(15-11)13-7-3-4-7/h1-2,5-7H,3-4H2,(H3,12,13,14,15). The molecule has 3 rings (SSSR count). The largest absolute Gasteiger partial charge is 0.368 e. The van der Waals surface area contributed by atoms with E-state index < -0.39 is 0 Å². The minimum Gasteiger partial charge on any atom is -0.368 e. The van der Waals surface area contributed by atoms with Gasteiger partial charge in [0.15, 0.2) is 0 Å². The Hall–Kier alpha value is -1.62. The van der Waals surface area contributed by atoms with Gasteiger partial charge in [-0.25, -0.2) is 4.98 Å². The predicted molar refractivity (Wildman–Crippen MR) is 66.4 cm³/mol. The van der Waals surface area contributed by atoms with Gasteiger partial charge in [0.2, 0.25) is 5.95 Å². The molecular weight excluding hydrogens is 220 g/mol. The maximum absolute atomic E-state index is 5.70. The molecule has 5 heteroatoms. The van der Waals surface area contributed by atoms with E-state index in [1.807, 2.05) is 23.6 Å². The summed E-state index contributed by atoms with van der Waals surface area (Å²) in [6.45, 7) is 0. The molecule has 0 saturated heterocycles. The molecule has 0 unspecified atom stereocenters. The maximum Gasteiger partial charge on any atom is 0.222 e. The number of nitrogen functional groups attached to an aromatic ring is 1. The molecule has 0 aliphatic heterocycles. The first kappa shape index (κ1) is 9.59. The minimum absolute atomic E-state index is 0.328. The molecule has 0 aromatic carbocycles. The second-order valence-electron chi connectivity index (χ2n) is 3.89. The third-order valence-corrected chi connectivity index (χ3v) is 3.34. The summed E-state index contributed by atoms with van der Waals surface area (Å²) in [4.78, 5) is 9.54. The molecule has 0 bridgehead atoms. The third-order valence-electron chi connectivity index (χ3n) is 2.45. The molecule has 4 nitrogen and oxygen atoms in total. The zero-order chi connectivity index (χ0) is 11.0. The normalized spacial score (nSPS) is 15.0. The van der Waals surface area contributed by atoms with Crippen LogP contribution in [0, 0.1) is 0 Å². The second-order valence-corrected chi connectivity index (χ2v) is 4.84. The Labute approximate surface area is 97.5 Å². The Bertz CT molecular complexity index is 491. The van der Waals surface area contributed by atoms with Crippen LogP contribution in [0.2, 0.25) is 0 Å². The molecule has 1 aliphatic rings. The molecule has 16 heavy (non-hydrogen) atoms. The molecular formula is C11H12N4S. The lowest BCUT2D eigenvalue weighted by Gasteiger charge is -2.06. The van der Waals surface area contributed by atoms with Crippen molar-refractivity contribution in [3.8, 4) is 10.6 Å². The fourth-order valence-electron chi connectivity index (χ4n) is 1.53. The van der Waals surface area contributed by atoms with E-state index in [4.69, 9.17) is 5.73 Å². The summed E-state index contributed by atoms with van der Waals surface area (Å²) in [5.74, 6) is 1.16. The monoisotopic (exact) mass is 232 g/mol. The number of anilines is 2. The fourth-order valence-corrected chi connectivity index (χ4v) is 2.21. The van der Waals surface area contributed by atoms with Crippen molar-refractivity contribution in [3.05, 3.63) is 23.6 Å². The minimum atomic E-state index is 0.328. The highest BCUT2D eigenvalue weighted by atomic mass is 32.1. The van der Waals surface area contributed by atoms with Crippen LogP contribution in [0.3, 0.4) is 0 Å². The molecule has 0 amide bonds. The summed E-state index contributed by atoms with van der Waals surface area (Å²) < 4.78 is 0. The number of aromatic nitrogens is 2. The summed E-state index contributed by atoms with van der Waals surface area (Å²) in [7, 11) is 0. The first-order chi connectivity index (χ1) is 7.81. The van der Waals surface area contributed by atoms with Crippen molar-refractivity contribution < 1.29 is 0 Å². The molecule has 2 heterocycles. The van der Waals surface area contributed by atoms with Crippen LogP contribution in [-0.2, 0) is 0 Å². The van der Waals surface area contributed by atoms with Crippen molar-refractivity contribution >= 4 is 23.1 Å². The van der Waals surface area contributed by atoms with Gasteiger partial charge in [-0.15, -0.1) is 11.3 Å². The summed E-state index contributed by atoms with van der Waals surface area (Å²) >= 11 is 1.65. The van der Waals surface area contributed by atoms with Gasteiger partial charge in [-0.2, -0.15) is 4.98 Å². The van der Waals surface area contributed by atoms with Gasteiger partial charge in [-0.3, -0.25) is 0 Å². The van der Waals surface area contributed by atoms with Crippen molar-refractivity contribution in [2.75, 3.05) is 11.1 Å². The number of thiophene rings is 1. The third kappa shape index (κ3) is 1.99. The number of nitrogens with zero attached hydrogens (tertiary/aromatic N) is 2. The zero-order valence-corrected chi connectivity index (χ0v) is 9.50. The lowest BCUT2D eigenvalue weighted by molar-refractivity contribution is 1.09. The lowest BCUT2D eigenvalue weighted by Crippen LogP contribution is -2.06. The number of rotatable bonds is 3. The molecule has 0 spiro atoms. The van der Waals surface area contributed by atoms with E-state index >= 15 is 0 Å². The van der Waals surface area contributed by atoms with Crippen LogP contribution >= 0.6 is 11.3 Å². The fraction of sp³-hybridized carbons (Fsp3) is 0.273. The van der Waals surface area contributed by atoms with Crippen molar-refractivity contribution in [1.29, 1.82) is 0 Å². The average molecular weight is 232 g/mol. The molecule has 1 aliphatic carbocycles. The first-order valence-electron chi connectivity index (χ1n) is 5.26. The van der Waals surface area contributed by atoms with E-state index in [0.29, 0.717) is 12.0 Å². The van der Waals surface area contributed by atoms with Crippen LogP contribution in [-0.4, -0.2) is 16.0 Å². The zero-order valence-electron chi connectivity index (χ0n) is 8.68. The molecule has 82 valence electrons. The Morgan fingerprint density at radius 1 is 1.38 bits per heavy atom. The van der Waals surface area contributed by atoms with E-state index in [2.05, 4.69) is 15.3 Å². The van der Waals surface area contributed by atoms with Crippen LogP contribution in [0.15, 0.2) is 23.6 Å². The number of nitrogens with two attached hydrogens (primary N) is 1. The van der Waals surface area contributed by atoms with Crippen LogP contribution < -0.4 is 11.1 Å². The van der Waals surface area contributed by atoms with Crippen molar-refractivity contribution in [2.45, 2.75) is 18.9 Å². The average Bonchev–Trinajstić information content (AvgIpc) is 2.90. The highest BCUT2D eigenvalue weighted by Gasteiger charge is 2.21.